The molecule has 2 rings (SSSR count). The number of amides is 1. The molecule has 1 fully saturated rings. The summed E-state index contributed by atoms with van der Waals surface area (Å²) in [6.45, 7) is 3.87. The van der Waals surface area contributed by atoms with Gasteiger partial charge in [-0.15, -0.1) is 0 Å². The number of anilines is 1. The number of carbonyl (C=O) groups is 1. The molecule has 4 nitrogen and oxygen atoms in total. The summed E-state index contributed by atoms with van der Waals surface area (Å²) in [7, 11) is 0. The molecule has 0 atom stereocenters. The number of hydrogen-bond donors (Lipinski definition) is 1. The summed E-state index contributed by atoms with van der Waals surface area (Å²) in [5.41, 5.74) is 2.79. The number of para-hydroxylation sites is 1. The van der Waals surface area contributed by atoms with Crippen LogP contribution in [0, 0.1) is 11.3 Å². The summed E-state index contributed by atoms with van der Waals surface area (Å²) in [5, 5.41) is 11.9. The fourth-order valence-corrected chi connectivity index (χ4v) is 1.99. The summed E-state index contributed by atoms with van der Waals surface area (Å²) < 4.78 is 0. The first-order valence-corrected chi connectivity index (χ1v) is 6.37. The molecule has 0 radical (unpaired) electrons. The summed E-state index contributed by atoms with van der Waals surface area (Å²) in [6.07, 6.45) is 0.335. The number of nitrogens with one attached hydrogen (secondary N) is 1. The molecule has 0 bridgehead atoms. The van der Waals surface area contributed by atoms with E-state index in [1.54, 1.807) is 4.90 Å². The van der Waals surface area contributed by atoms with E-state index in [1.165, 1.54) is 0 Å². The second kappa shape index (κ2) is 6.17. The molecule has 0 unspecified atom stereocenters. The molecule has 1 heterocycles. The Bertz CT molecular complexity index is 522. The van der Waals surface area contributed by atoms with Gasteiger partial charge in [0.2, 0.25) is 0 Å². The lowest BCUT2D eigenvalue weighted by molar-refractivity contribution is -0.115. The molecular weight excluding hydrogens is 238 g/mol. The van der Waals surface area contributed by atoms with Crippen LogP contribution in [0.5, 0.6) is 0 Å². The SMILES string of the molecule is CC(C(=O)N(CCC#N)c1ccccc1)=C1CNC1. The zero-order valence-corrected chi connectivity index (χ0v) is 11.0. The van der Waals surface area contributed by atoms with Gasteiger partial charge in [-0.2, -0.15) is 5.26 Å². The fourth-order valence-electron chi connectivity index (χ4n) is 1.99. The van der Waals surface area contributed by atoms with Crippen molar-refractivity contribution in [3.63, 3.8) is 0 Å². The van der Waals surface area contributed by atoms with Gasteiger partial charge < -0.3 is 10.2 Å². The van der Waals surface area contributed by atoms with E-state index in [9.17, 15) is 4.79 Å². The Morgan fingerprint density at radius 2 is 2.05 bits per heavy atom. The largest absolute Gasteiger partial charge is 0.309 e. The van der Waals surface area contributed by atoms with Gasteiger partial charge in [0.1, 0.15) is 0 Å². The Kier molecular flexibility index (Phi) is 4.32. The second-order valence-corrected chi connectivity index (χ2v) is 4.53. The van der Waals surface area contributed by atoms with Crippen molar-refractivity contribution in [1.29, 1.82) is 5.26 Å². The monoisotopic (exact) mass is 255 g/mol. The highest BCUT2D eigenvalue weighted by atomic mass is 16.2. The summed E-state index contributed by atoms with van der Waals surface area (Å²) in [5.74, 6) is -0.00190. The minimum absolute atomic E-state index is 0.00190. The first-order valence-electron chi connectivity index (χ1n) is 6.37. The normalized spacial score (nSPS) is 13.4. The molecule has 1 aromatic carbocycles. The third kappa shape index (κ3) is 3.01. The average molecular weight is 255 g/mol. The molecule has 0 saturated carbocycles. The van der Waals surface area contributed by atoms with E-state index in [-0.39, 0.29) is 5.91 Å². The molecule has 1 aliphatic heterocycles. The standard InChI is InChI=1S/C15H17N3O/c1-12(13-10-17-11-13)15(19)18(9-5-8-16)14-6-3-2-4-7-14/h2-4,6-7,17H,5,9-11H2,1H3. The topological polar surface area (TPSA) is 56.1 Å². The lowest BCUT2D eigenvalue weighted by atomic mass is 10.0. The van der Waals surface area contributed by atoms with Crippen molar-refractivity contribution in [3.05, 3.63) is 41.5 Å². The van der Waals surface area contributed by atoms with Gasteiger partial charge in [-0.1, -0.05) is 18.2 Å². The highest BCUT2D eigenvalue weighted by Crippen LogP contribution is 2.19. The highest BCUT2D eigenvalue weighted by molar-refractivity contribution is 6.05. The Hall–Kier alpha value is -2.12. The van der Waals surface area contributed by atoms with Crippen molar-refractivity contribution in [2.24, 2.45) is 0 Å². The molecule has 0 spiro atoms. The van der Waals surface area contributed by atoms with E-state index in [0.29, 0.717) is 13.0 Å². The van der Waals surface area contributed by atoms with Gasteiger partial charge in [-0.05, 0) is 24.6 Å². The molecular formula is C15H17N3O. The molecule has 1 saturated heterocycles. The number of carbonyl (C=O) groups excluding carboxylic acids is 1. The molecule has 4 heteroatoms. The van der Waals surface area contributed by atoms with E-state index in [2.05, 4.69) is 11.4 Å². The Morgan fingerprint density at radius 1 is 1.37 bits per heavy atom. The van der Waals surface area contributed by atoms with Gasteiger partial charge in [-0.3, -0.25) is 4.79 Å². The average Bonchev–Trinajstić information content (AvgIpc) is 2.38. The van der Waals surface area contributed by atoms with Crippen LogP contribution in [0.2, 0.25) is 0 Å². The van der Waals surface area contributed by atoms with Crippen LogP contribution in [-0.2, 0) is 4.79 Å². The zero-order valence-electron chi connectivity index (χ0n) is 11.0. The molecule has 1 aliphatic rings. The van der Waals surface area contributed by atoms with Crippen LogP contribution in [0.3, 0.4) is 0 Å². The molecule has 0 aromatic heterocycles. The van der Waals surface area contributed by atoms with Gasteiger partial charge in [0.05, 0.1) is 12.5 Å². The maximum Gasteiger partial charge on any atom is 0.253 e. The minimum Gasteiger partial charge on any atom is -0.309 e. The predicted octanol–water partition coefficient (Wildman–Crippen LogP) is 1.85. The van der Waals surface area contributed by atoms with Crippen LogP contribution < -0.4 is 10.2 Å². The van der Waals surface area contributed by atoms with E-state index in [0.717, 1.165) is 29.9 Å². The Balaban J connectivity index is 2.23. The van der Waals surface area contributed by atoms with E-state index < -0.39 is 0 Å². The van der Waals surface area contributed by atoms with Gasteiger partial charge in [0.25, 0.3) is 5.91 Å². The van der Waals surface area contributed by atoms with Crippen LogP contribution in [0.25, 0.3) is 0 Å². The first kappa shape index (κ1) is 13.3. The van der Waals surface area contributed by atoms with Gasteiger partial charge in [0, 0.05) is 30.9 Å². The Labute approximate surface area is 113 Å². The van der Waals surface area contributed by atoms with Crippen molar-refractivity contribution in [1.82, 2.24) is 5.32 Å². The second-order valence-electron chi connectivity index (χ2n) is 4.53. The highest BCUT2D eigenvalue weighted by Gasteiger charge is 2.21. The van der Waals surface area contributed by atoms with Crippen molar-refractivity contribution in [2.45, 2.75) is 13.3 Å². The van der Waals surface area contributed by atoms with Crippen LogP contribution in [0.1, 0.15) is 13.3 Å². The number of nitrogens with zero attached hydrogens (tertiary/aromatic N) is 2. The lowest BCUT2D eigenvalue weighted by Crippen LogP contribution is -2.39. The lowest BCUT2D eigenvalue weighted by Gasteiger charge is -2.26. The molecule has 1 amide bonds. The summed E-state index contributed by atoms with van der Waals surface area (Å²) >= 11 is 0. The summed E-state index contributed by atoms with van der Waals surface area (Å²) in [4.78, 5) is 14.2. The first-order chi connectivity index (χ1) is 9.24. The smallest absolute Gasteiger partial charge is 0.253 e. The van der Waals surface area contributed by atoms with Crippen molar-refractivity contribution >= 4 is 11.6 Å². The van der Waals surface area contributed by atoms with E-state index >= 15 is 0 Å². The summed E-state index contributed by atoms with van der Waals surface area (Å²) in [6, 6.07) is 11.6. The van der Waals surface area contributed by atoms with Crippen LogP contribution in [0.4, 0.5) is 5.69 Å². The molecule has 0 aliphatic carbocycles. The van der Waals surface area contributed by atoms with Gasteiger partial charge in [-0.25, -0.2) is 0 Å². The zero-order chi connectivity index (χ0) is 13.7. The molecule has 19 heavy (non-hydrogen) atoms. The minimum atomic E-state index is -0.00190. The number of benzene rings is 1. The quantitative estimate of drug-likeness (QED) is 0.835. The van der Waals surface area contributed by atoms with Crippen molar-refractivity contribution in [2.75, 3.05) is 24.5 Å². The maximum absolute atomic E-state index is 12.5. The number of hydrogen-bond acceptors (Lipinski definition) is 3. The fraction of sp³-hybridized carbons (Fsp3) is 0.333. The van der Waals surface area contributed by atoms with Crippen LogP contribution in [0.15, 0.2) is 41.5 Å². The van der Waals surface area contributed by atoms with Crippen LogP contribution >= 0.6 is 0 Å². The van der Waals surface area contributed by atoms with Crippen LogP contribution in [-0.4, -0.2) is 25.5 Å². The maximum atomic E-state index is 12.5. The van der Waals surface area contributed by atoms with Gasteiger partial charge in [0.15, 0.2) is 0 Å². The van der Waals surface area contributed by atoms with Crippen molar-refractivity contribution in [3.8, 4) is 6.07 Å². The molecule has 1 aromatic rings. The number of nitriles is 1. The number of rotatable bonds is 4. The predicted molar refractivity (Wildman–Crippen MR) is 74.6 cm³/mol. The Morgan fingerprint density at radius 3 is 2.58 bits per heavy atom. The molecule has 98 valence electrons. The van der Waals surface area contributed by atoms with Crippen molar-refractivity contribution < 1.29 is 4.79 Å². The third-order valence-electron chi connectivity index (χ3n) is 3.29. The third-order valence-corrected chi connectivity index (χ3v) is 3.29. The van der Waals surface area contributed by atoms with E-state index in [4.69, 9.17) is 5.26 Å². The van der Waals surface area contributed by atoms with E-state index in [1.807, 2.05) is 37.3 Å². The molecule has 1 N–H and O–H groups in total. The van der Waals surface area contributed by atoms with Gasteiger partial charge >= 0.3 is 0 Å².